The van der Waals surface area contributed by atoms with E-state index in [1.165, 1.54) is 11.3 Å². The Balaban J connectivity index is 2.03. The number of hydrogen-bond acceptors (Lipinski definition) is 5. The lowest BCUT2D eigenvalue weighted by atomic mass is 10.1. The number of aryl methyl sites for hydroxylation is 2. The molecule has 1 aromatic heterocycles. The number of ketones is 1. The van der Waals surface area contributed by atoms with Gasteiger partial charge in [-0.05, 0) is 13.3 Å². The van der Waals surface area contributed by atoms with E-state index in [9.17, 15) is 9.59 Å². The Labute approximate surface area is 121 Å². The third kappa shape index (κ3) is 3.48. The average molecular weight is 289 g/mol. The molecule has 0 fully saturated rings. The quantitative estimate of drug-likeness (QED) is 0.678. The van der Waals surface area contributed by atoms with Crippen LogP contribution in [-0.2, 0) is 11.2 Å². The molecule has 1 heterocycles. The number of nitrogens with zero attached hydrogens (tertiary/aromatic N) is 2. The summed E-state index contributed by atoms with van der Waals surface area (Å²) < 4.78 is 0. The van der Waals surface area contributed by atoms with Crippen LogP contribution in [0.3, 0.4) is 0 Å². The first-order valence-corrected chi connectivity index (χ1v) is 7.16. The van der Waals surface area contributed by atoms with Crippen molar-refractivity contribution in [3.05, 3.63) is 40.4 Å². The summed E-state index contributed by atoms with van der Waals surface area (Å²) in [6.45, 7) is 3.96. The van der Waals surface area contributed by atoms with Crippen LogP contribution in [0.4, 0.5) is 5.13 Å². The van der Waals surface area contributed by atoms with Crippen LogP contribution in [0.15, 0.2) is 24.3 Å². The second-order valence-corrected chi connectivity index (χ2v) is 5.46. The third-order valence-corrected chi connectivity index (χ3v) is 3.57. The van der Waals surface area contributed by atoms with Crippen molar-refractivity contribution in [2.24, 2.45) is 0 Å². The van der Waals surface area contributed by atoms with E-state index in [-0.39, 0.29) is 0 Å². The van der Waals surface area contributed by atoms with Crippen molar-refractivity contribution in [3.8, 4) is 0 Å². The van der Waals surface area contributed by atoms with Crippen LogP contribution in [0.5, 0.6) is 0 Å². The molecule has 6 heteroatoms. The largest absolute Gasteiger partial charge is 0.298 e. The number of nitrogens with one attached hydrogen (secondary N) is 1. The van der Waals surface area contributed by atoms with E-state index in [4.69, 9.17) is 0 Å². The number of Topliss-reactive ketones (excluding diaryl/α,β-unsaturated/α-hetero) is 1. The predicted octanol–water partition coefficient (Wildman–Crippen LogP) is 2.62. The Morgan fingerprint density at radius 2 is 1.90 bits per heavy atom. The molecular formula is C14H15N3O2S. The molecule has 0 aliphatic rings. The van der Waals surface area contributed by atoms with Gasteiger partial charge in [-0.2, -0.15) is 0 Å². The molecule has 104 valence electrons. The van der Waals surface area contributed by atoms with Crippen LogP contribution >= 0.6 is 11.3 Å². The van der Waals surface area contributed by atoms with E-state index in [0.717, 1.165) is 23.4 Å². The van der Waals surface area contributed by atoms with Crippen LogP contribution < -0.4 is 5.32 Å². The van der Waals surface area contributed by atoms with Gasteiger partial charge in [-0.25, -0.2) is 0 Å². The highest BCUT2D eigenvalue weighted by Gasteiger charge is 2.17. The minimum atomic E-state index is -0.687. The summed E-state index contributed by atoms with van der Waals surface area (Å²) in [4.78, 5) is 23.8. The third-order valence-electron chi connectivity index (χ3n) is 2.67. The lowest BCUT2D eigenvalue weighted by Crippen LogP contribution is -2.22. The van der Waals surface area contributed by atoms with Gasteiger partial charge >= 0.3 is 0 Å². The molecule has 0 aliphatic heterocycles. The topological polar surface area (TPSA) is 72.0 Å². The SMILES string of the molecule is CCCc1nnc(NC(=O)C(=O)c2ccc(C)cc2)s1. The minimum absolute atomic E-state index is 0.360. The fourth-order valence-electron chi connectivity index (χ4n) is 1.61. The van der Waals surface area contributed by atoms with Gasteiger partial charge in [-0.15, -0.1) is 10.2 Å². The second-order valence-electron chi connectivity index (χ2n) is 4.40. The maximum Gasteiger partial charge on any atom is 0.298 e. The fourth-order valence-corrected chi connectivity index (χ4v) is 2.45. The van der Waals surface area contributed by atoms with Crippen molar-refractivity contribution in [1.82, 2.24) is 10.2 Å². The van der Waals surface area contributed by atoms with Crippen molar-refractivity contribution in [2.75, 3.05) is 5.32 Å². The Hall–Kier alpha value is -2.08. The van der Waals surface area contributed by atoms with Crippen molar-refractivity contribution in [3.63, 3.8) is 0 Å². The molecule has 2 aromatic rings. The predicted molar refractivity (Wildman–Crippen MR) is 78.0 cm³/mol. The Kier molecular flexibility index (Phi) is 4.57. The van der Waals surface area contributed by atoms with E-state index < -0.39 is 11.7 Å². The molecule has 0 spiro atoms. The Morgan fingerprint density at radius 1 is 1.20 bits per heavy atom. The Morgan fingerprint density at radius 3 is 2.55 bits per heavy atom. The van der Waals surface area contributed by atoms with Gasteiger partial charge in [0.2, 0.25) is 5.13 Å². The summed E-state index contributed by atoms with van der Waals surface area (Å²) in [5, 5.41) is 11.5. The van der Waals surface area contributed by atoms with Crippen molar-refractivity contribution >= 4 is 28.2 Å². The zero-order valence-electron chi connectivity index (χ0n) is 11.3. The van der Waals surface area contributed by atoms with Crippen molar-refractivity contribution < 1.29 is 9.59 Å². The molecular weight excluding hydrogens is 274 g/mol. The lowest BCUT2D eigenvalue weighted by Gasteiger charge is -2.01. The highest BCUT2D eigenvalue weighted by atomic mass is 32.1. The molecule has 1 amide bonds. The highest BCUT2D eigenvalue weighted by Crippen LogP contribution is 2.16. The number of anilines is 1. The summed E-state index contributed by atoms with van der Waals surface area (Å²) in [5.74, 6) is -1.26. The number of rotatable bonds is 5. The molecule has 0 unspecified atom stereocenters. The maximum absolute atomic E-state index is 11.9. The first-order valence-electron chi connectivity index (χ1n) is 6.35. The molecule has 1 aromatic carbocycles. The van der Waals surface area contributed by atoms with Crippen LogP contribution in [-0.4, -0.2) is 21.9 Å². The normalized spacial score (nSPS) is 10.3. The number of aromatic nitrogens is 2. The van der Waals surface area contributed by atoms with Gasteiger partial charge in [0.1, 0.15) is 5.01 Å². The number of benzene rings is 1. The van der Waals surface area contributed by atoms with Gasteiger partial charge in [0, 0.05) is 12.0 Å². The standard InChI is InChI=1S/C14H15N3O2S/c1-3-4-11-16-17-14(20-11)15-13(19)12(18)10-7-5-9(2)6-8-10/h5-8H,3-4H2,1-2H3,(H,15,17,19). The van der Waals surface area contributed by atoms with Crippen LogP contribution in [0.1, 0.15) is 34.3 Å². The number of carbonyl (C=O) groups is 2. The van der Waals surface area contributed by atoms with Crippen LogP contribution in [0.2, 0.25) is 0 Å². The van der Waals surface area contributed by atoms with Gasteiger partial charge in [0.05, 0.1) is 0 Å². The molecule has 5 nitrogen and oxygen atoms in total. The number of hydrogen-bond donors (Lipinski definition) is 1. The highest BCUT2D eigenvalue weighted by molar-refractivity contribution is 7.15. The van der Waals surface area contributed by atoms with Gasteiger partial charge in [0.25, 0.3) is 11.7 Å². The first-order chi connectivity index (χ1) is 9.60. The Bertz CT molecular complexity index is 620. The summed E-state index contributed by atoms with van der Waals surface area (Å²) in [6.07, 6.45) is 1.78. The molecule has 1 N–H and O–H groups in total. The number of carbonyl (C=O) groups excluding carboxylic acids is 2. The zero-order valence-corrected chi connectivity index (χ0v) is 12.2. The van der Waals surface area contributed by atoms with Gasteiger partial charge in [-0.3, -0.25) is 14.9 Å². The molecule has 0 atom stereocenters. The average Bonchev–Trinajstić information content (AvgIpc) is 2.86. The fraction of sp³-hybridized carbons (Fsp3) is 0.286. The summed E-state index contributed by atoms with van der Waals surface area (Å²) >= 11 is 1.29. The molecule has 2 rings (SSSR count). The monoisotopic (exact) mass is 289 g/mol. The van der Waals surface area contributed by atoms with Crippen molar-refractivity contribution in [1.29, 1.82) is 0 Å². The van der Waals surface area contributed by atoms with Gasteiger partial charge < -0.3 is 0 Å². The van der Waals surface area contributed by atoms with E-state index in [1.807, 2.05) is 13.8 Å². The molecule has 0 saturated heterocycles. The van der Waals surface area contributed by atoms with Gasteiger partial charge in [0.15, 0.2) is 0 Å². The molecule has 0 saturated carbocycles. The minimum Gasteiger partial charge on any atom is -0.294 e. The molecule has 0 aliphatic carbocycles. The summed E-state index contributed by atoms with van der Waals surface area (Å²) in [7, 11) is 0. The summed E-state index contributed by atoms with van der Waals surface area (Å²) in [5.41, 5.74) is 1.40. The van der Waals surface area contributed by atoms with E-state index in [0.29, 0.717) is 10.7 Å². The smallest absolute Gasteiger partial charge is 0.294 e. The van der Waals surface area contributed by atoms with Crippen LogP contribution in [0.25, 0.3) is 0 Å². The van der Waals surface area contributed by atoms with E-state index >= 15 is 0 Å². The molecule has 20 heavy (non-hydrogen) atoms. The lowest BCUT2D eigenvalue weighted by molar-refractivity contribution is -0.112. The van der Waals surface area contributed by atoms with E-state index in [2.05, 4.69) is 15.5 Å². The molecule has 0 bridgehead atoms. The van der Waals surface area contributed by atoms with Gasteiger partial charge in [-0.1, -0.05) is 48.1 Å². The molecule has 0 radical (unpaired) electrons. The first kappa shape index (κ1) is 14.3. The van der Waals surface area contributed by atoms with Crippen molar-refractivity contribution in [2.45, 2.75) is 26.7 Å². The van der Waals surface area contributed by atoms with E-state index in [1.54, 1.807) is 24.3 Å². The number of amides is 1. The van der Waals surface area contributed by atoms with Crippen LogP contribution in [0, 0.1) is 6.92 Å². The zero-order chi connectivity index (χ0) is 14.5. The second kappa shape index (κ2) is 6.38. The maximum atomic E-state index is 11.9. The summed E-state index contributed by atoms with van der Waals surface area (Å²) in [6, 6.07) is 6.87.